The van der Waals surface area contributed by atoms with E-state index in [1.165, 1.54) is 0 Å². The van der Waals surface area contributed by atoms with Crippen molar-refractivity contribution in [3.05, 3.63) is 54.6 Å². The van der Waals surface area contributed by atoms with Crippen LogP contribution in [0.5, 0.6) is 5.75 Å². The molecular formula is C12H9LiO. The molecule has 0 heterocycles. The van der Waals surface area contributed by atoms with Crippen molar-refractivity contribution in [2.45, 2.75) is 0 Å². The second-order valence-electron chi connectivity index (χ2n) is 2.89. The molecule has 0 amide bonds. The summed E-state index contributed by atoms with van der Waals surface area (Å²) in [5.41, 5.74) is 2.22. The average molecular weight is 176 g/mol. The second-order valence-corrected chi connectivity index (χ2v) is 2.89. The van der Waals surface area contributed by atoms with Gasteiger partial charge in [0.2, 0.25) is 0 Å². The molecule has 0 radical (unpaired) electrons. The fourth-order valence-corrected chi connectivity index (χ4v) is 1.28. The fraction of sp³-hybridized carbons (Fsp3) is 0. The van der Waals surface area contributed by atoms with Crippen LogP contribution in [0.15, 0.2) is 54.6 Å². The van der Waals surface area contributed by atoms with Crippen LogP contribution in [-0.4, -0.2) is 0 Å². The van der Waals surface area contributed by atoms with Gasteiger partial charge in [-0.05, 0) is 11.1 Å². The van der Waals surface area contributed by atoms with Crippen LogP contribution in [0.3, 0.4) is 0 Å². The fourth-order valence-electron chi connectivity index (χ4n) is 1.28. The Bertz CT molecular complexity index is 381. The van der Waals surface area contributed by atoms with Crippen molar-refractivity contribution in [1.29, 1.82) is 0 Å². The topological polar surface area (TPSA) is 23.1 Å². The molecule has 0 aromatic heterocycles. The van der Waals surface area contributed by atoms with Crippen LogP contribution in [0.2, 0.25) is 0 Å². The molecule has 2 aromatic rings. The normalized spacial score (nSPS) is 9.14. The molecule has 2 aromatic carbocycles. The monoisotopic (exact) mass is 176 g/mol. The van der Waals surface area contributed by atoms with E-state index in [0.29, 0.717) is 0 Å². The Morgan fingerprint density at radius 1 is 0.643 bits per heavy atom. The first kappa shape index (κ1) is 10.9. The average Bonchev–Trinajstić information content (AvgIpc) is 2.20. The maximum Gasteiger partial charge on any atom is 1.00 e. The number of rotatable bonds is 1. The zero-order valence-corrected chi connectivity index (χ0v) is 8.10. The third kappa shape index (κ3) is 2.42. The summed E-state index contributed by atoms with van der Waals surface area (Å²) in [7, 11) is 0. The first-order valence-corrected chi connectivity index (χ1v) is 4.19. The van der Waals surface area contributed by atoms with Crippen LogP contribution in [0.25, 0.3) is 11.1 Å². The molecule has 14 heavy (non-hydrogen) atoms. The van der Waals surface area contributed by atoms with Crippen molar-refractivity contribution < 1.29 is 24.0 Å². The molecule has 0 bridgehead atoms. The summed E-state index contributed by atoms with van der Waals surface area (Å²) in [4.78, 5) is 0. The molecule has 64 valence electrons. The summed E-state index contributed by atoms with van der Waals surface area (Å²) in [5.74, 6) is 0.0553. The van der Waals surface area contributed by atoms with E-state index in [1.54, 1.807) is 12.1 Å². The van der Waals surface area contributed by atoms with Crippen molar-refractivity contribution in [3.8, 4) is 16.9 Å². The smallest absolute Gasteiger partial charge is 0.872 e. The van der Waals surface area contributed by atoms with Gasteiger partial charge in [-0.15, -0.1) is 5.75 Å². The minimum Gasteiger partial charge on any atom is -0.872 e. The molecule has 0 atom stereocenters. The van der Waals surface area contributed by atoms with Crippen LogP contribution in [0.1, 0.15) is 0 Å². The molecule has 0 aliphatic rings. The Hall–Kier alpha value is -1.16. The quantitative estimate of drug-likeness (QED) is 0.534. The van der Waals surface area contributed by atoms with E-state index in [4.69, 9.17) is 0 Å². The minimum atomic E-state index is 0. The van der Waals surface area contributed by atoms with E-state index in [-0.39, 0.29) is 24.6 Å². The van der Waals surface area contributed by atoms with E-state index < -0.39 is 0 Å². The van der Waals surface area contributed by atoms with Gasteiger partial charge in [-0.2, -0.15) is 0 Å². The molecule has 0 spiro atoms. The van der Waals surface area contributed by atoms with Gasteiger partial charge in [-0.25, -0.2) is 0 Å². The third-order valence-electron chi connectivity index (χ3n) is 1.96. The zero-order valence-electron chi connectivity index (χ0n) is 8.10. The van der Waals surface area contributed by atoms with Gasteiger partial charge in [-0.3, -0.25) is 0 Å². The largest absolute Gasteiger partial charge is 1.00 e. The van der Waals surface area contributed by atoms with Crippen molar-refractivity contribution in [1.82, 2.24) is 0 Å². The number of hydrogen-bond donors (Lipinski definition) is 0. The van der Waals surface area contributed by atoms with Crippen molar-refractivity contribution in [2.75, 3.05) is 0 Å². The van der Waals surface area contributed by atoms with Gasteiger partial charge in [0.1, 0.15) is 0 Å². The third-order valence-corrected chi connectivity index (χ3v) is 1.96. The molecular weight excluding hydrogens is 167 g/mol. The van der Waals surface area contributed by atoms with Gasteiger partial charge in [0, 0.05) is 0 Å². The van der Waals surface area contributed by atoms with Crippen LogP contribution >= 0.6 is 0 Å². The van der Waals surface area contributed by atoms with E-state index in [0.717, 1.165) is 11.1 Å². The van der Waals surface area contributed by atoms with E-state index >= 15 is 0 Å². The molecule has 0 aliphatic heterocycles. The molecule has 2 heteroatoms. The maximum atomic E-state index is 10.9. The first-order chi connectivity index (χ1) is 6.36. The van der Waals surface area contributed by atoms with E-state index in [9.17, 15) is 5.11 Å². The number of benzene rings is 2. The van der Waals surface area contributed by atoms with Crippen LogP contribution in [-0.2, 0) is 0 Å². The van der Waals surface area contributed by atoms with Crippen LogP contribution < -0.4 is 24.0 Å². The van der Waals surface area contributed by atoms with Crippen LogP contribution in [0.4, 0.5) is 0 Å². The molecule has 0 saturated heterocycles. The molecule has 1 nitrogen and oxygen atoms in total. The van der Waals surface area contributed by atoms with Crippen molar-refractivity contribution in [3.63, 3.8) is 0 Å². The molecule has 2 rings (SSSR count). The van der Waals surface area contributed by atoms with Crippen molar-refractivity contribution in [2.24, 2.45) is 0 Å². The molecule has 0 fully saturated rings. The second kappa shape index (κ2) is 4.90. The Morgan fingerprint density at radius 3 is 1.71 bits per heavy atom. The summed E-state index contributed by atoms with van der Waals surface area (Å²) in [6.07, 6.45) is 0. The molecule has 0 unspecified atom stereocenters. The van der Waals surface area contributed by atoms with Crippen molar-refractivity contribution >= 4 is 0 Å². The summed E-state index contributed by atoms with van der Waals surface area (Å²) in [5, 5.41) is 10.9. The summed E-state index contributed by atoms with van der Waals surface area (Å²) < 4.78 is 0. The molecule has 0 saturated carbocycles. The standard InChI is InChI=1S/C12H10O.Li/c13-12-8-6-11(7-9-12)10-4-2-1-3-5-10;/h1-9,13H;/q;+1/p-1. The minimum absolute atomic E-state index is 0. The summed E-state index contributed by atoms with van der Waals surface area (Å²) in [6.45, 7) is 0. The summed E-state index contributed by atoms with van der Waals surface area (Å²) >= 11 is 0. The Kier molecular flexibility index (Phi) is 3.82. The van der Waals surface area contributed by atoms with Gasteiger partial charge in [0.25, 0.3) is 0 Å². The molecule has 0 aliphatic carbocycles. The Balaban J connectivity index is 0.000000980. The van der Waals surface area contributed by atoms with Gasteiger partial charge in [-0.1, -0.05) is 54.6 Å². The predicted octanol–water partition coefficient (Wildman–Crippen LogP) is -0.569. The zero-order chi connectivity index (χ0) is 9.10. The maximum absolute atomic E-state index is 10.9. The van der Waals surface area contributed by atoms with Gasteiger partial charge < -0.3 is 5.11 Å². The van der Waals surface area contributed by atoms with Gasteiger partial charge >= 0.3 is 18.9 Å². The SMILES string of the molecule is [Li+].[O-]c1ccc(-c2ccccc2)cc1. The Labute approximate surface area is 95.6 Å². The Morgan fingerprint density at radius 2 is 1.14 bits per heavy atom. The van der Waals surface area contributed by atoms with Gasteiger partial charge in [0.15, 0.2) is 0 Å². The molecule has 0 N–H and O–H groups in total. The van der Waals surface area contributed by atoms with E-state index in [2.05, 4.69) is 0 Å². The van der Waals surface area contributed by atoms with Crippen LogP contribution in [0, 0.1) is 0 Å². The first-order valence-electron chi connectivity index (χ1n) is 4.19. The summed E-state index contributed by atoms with van der Waals surface area (Å²) in [6, 6.07) is 16.9. The predicted molar refractivity (Wildman–Crippen MR) is 51.3 cm³/mol. The number of hydrogen-bond acceptors (Lipinski definition) is 1. The van der Waals surface area contributed by atoms with E-state index in [1.807, 2.05) is 42.5 Å². The van der Waals surface area contributed by atoms with Gasteiger partial charge in [0.05, 0.1) is 0 Å².